The van der Waals surface area contributed by atoms with Gasteiger partial charge in [0.05, 0.1) is 9.78 Å². The predicted molar refractivity (Wildman–Crippen MR) is 104 cm³/mol. The number of nitrogens with one attached hydrogen (secondary N) is 2. The molecule has 0 bridgehead atoms. The van der Waals surface area contributed by atoms with Crippen molar-refractivity contribution in [3.8, 4) is 5.75 Å². The monoisotopic (exact) mass is 521 g/mol. The van der Waals surface area contributed by atoms with Gasteiger partial charge < -0.3 is 10.4 Å². The summed E-state index contributed by atoms with van der Waals surface area (Å²) in [6.07, 6.45) is 1.41. The maximum Gasteiger partial charge on any atom is 0.339 e. The molecule has 0 atom stereocenters. The van der Waals surface area contributed by atoms with Gasteiger partial charge >= 0.3 is 6.03 Å². The fourth-order valence-electron chi connectivity index (χ4n) is 1.71. The van der Waals surface area contributed by atoms with Crippen molar-refractivity contribution in [2.75, 3.05) is 5.32 Å². The Labute approximate surface area is 155 Å². The van der Waals surface area contributed by atoms with Crippen LogP contribution in [0.1, 0.15) is 11.1 Å². The molecule has 0 saturated heterocycles. The number of benzene rings is 2. The van der Waals surface area contributed by atoms with Crippen LogP contribution in [-0.2, 0) is 0 Å². The molecule has 0 spiro atoms. The summed E-state index contributed by atoms with van der Waals surface area (Å²) in [5.74, 6) is 0.144. The Balaban J connectivity index is 2.01. The quantitative estimate of drug-likeness (QED) is 0.324. The SMILES string of the molecule is Cc1ccccc1NC(=O)NN=Cc1cc(I)cc(I)c1O. The third kappa shape index (κ3) is 4.57. The van der Waals surface area contributed by atoms with Gasteiger partial charge in [-0.25, -0.2) is 10.2 Å². The van der Waals surface area contributed by atoms with Gasteiger partial charge in [0.15, 0.2) is 0 Å². The van der Waals surface area contributed by atoms with Crippen LogP contribution in [0.2, 0.25) is 0 Å². The van der Waals surface area contributed by atoms with E-state index in [0.717, 1.165) is 18.4 Å². The molecule has 0 fully saturated rings. The van der Waals surface area contributed by atoms with Crippen molar-refractivity contribution in [3.63, 3.8) is 0 Å². The minimum atomic E-state index is -0.439. The zero-order valence-electron chi connectivity index (χ0n) is 11.6. The topological polar surface area (TPSA) is 73.7 Å². The Kier molecular flexibility index (Phi) is 6.00. The highest BCUT2D eigenvalue weighted by Gasteiger charge is 2.06. The number of amides is 2. The Hall–Kier alpha value is -1.36. The minimum absolute atomic E-state index is 0.144. The highest BCUT2D eigenvalue weighted by atomic mass is 127. The summed E-state index contributed by atoms with van der Waals surface area (Å²) in [5, 5.41) is 16.5. The van der Waals surface area contributed by atoms with E-state index in [1.807, 2.05) is 59.8 Å². The number of urea groups is 1. The third-order valence-corrected chi connectivity index (χ3v) is 4.27. The van der Waals surface area contributed by atoms with Gasteiger partial charge in [0, 0.05) is 14.8 Å². The number of phenolic OH excluding ortho intramolecular Hbond substituents is 1. The van der Waals surface area contributed by atoms with E-state index in [0.29, 0.717) is 5.56 Å². The van der Waals surface area contributed by atoms with Gasteiger partial charge in [-0.3, -0.25) is 0 Å². The molecule has 0 unspecified atom stereocenters. The molecule has 5 nitrogen and oxygen atoms in total. The van der Waals surface area contributed by atoms with E-state index in [2.05, 4.69) is 38.4 Å². The van der Waals surface area contributed by atoms with Crippen molar-refractivity contribution in [1.29, 1.82) is 0 Å². The third-order valence-electron chi connectivity index (χ3n) is 2.82. The van der Waals surface area contributed by atoms with Crippen LogP contribution < -0.4 is 10.7 Å². The van der Waals surface area contributed by atoms with Crippen molar-refractivity contribution in [1.82, 2.24) is 5.43 Å². The standard InChI is InChI=1S/C15H13I2N3O2/c1-9-4-2-3-5-13(9)19-15(22)20-18-8-10-6-11(16)7-12(17)14(10)21/h2-8,21H,1H3,(H2,19,20,22). The van der Waals surface area contributed by atoms with E-state index in [1.165, 1.54) is 6.21 Å². The number of rotatable bonds is 3. The number of aryl methyl sites for hydroxylation is 1. The summed E-state index contributed by atoms with van der Waals surface area (Å²) in [6.45, 7) is 1.91. The van der Waals surface area contributed by atoms with Crippen molar-refractivity contribution < 1.29 is 9.90 Å². The molecule has 3 N–H and O–H groups in total. The Morgan fingerprint density at radius 1 is 1.27 bits per heavy atom. The number of nitrogens with zero attached hydrogens (tertiary/aromatic N) is 1. The molecule has 0 heterocycles. The fourth-order valence-corrected chi connectivity index (χ4v) is 3.60. The Morgan fingerprint density at radius 3 is 2.73 bits per heavy atom. The summed E-state index contributed by atoms with van der Waals surface area (Å²) in [6, 6.07) is 10.7. The normalized spacial score (nSPS) is 10.7. The second-order valence-corrected chi connectivity index (χ2v) is 6.87. The van der Waals surface area contributed by atoms with Crippen LogP contribution in [0.5, 0.6) is 5.75 Å². The van der Waals surface area contributed by atoms with Crippen LogP contribution in [0, 0.1) is 14.1 Å². The summed E-state index contributed by atoms with van der Waals surface area (Å²) in [4.78, 5) is 11.8. The van der Waals surface area contributed by atoms with Crippen molar-refractivity contribution in [3.05, 3.63) is 54.7 Å². The van der Waals surface area contributed by atoms with E-state index >= 15 is 0 Å². The van der Waals surface area contributed by atoms with Crippen LogP contribution in [0.25, 0.3) is 0 Å². The second-order valence-electron chi connectivity index (χ2n) is 4.46. The van der Waals surface area contributed by atoms with Crippen LogP contribution in [-0.4, -0.2) is 17.4 Å². The molecule has 7 heteroatoms. The first-order chi connectivity index (χ1) is 10.5. The maximum absolute atomic E-state index is 11.8. The van der Waals surface area contributed by atoms with Gasteiger partial charge in [0.2, 0.25) is 0 Å². The zero-order chi connectivity index (χ0) is 16.1. The number of hydrogen-bond donors (Lipinski definition) is 3. The number of para-hydroxylation sites is 1. The lowest BCUT2D eigenvalue weighted by molar-refractivity contribution is 0.252. The summed E-state index contributed by atoms with van der Waals surface area (Å²) >= 11 is 4.20. The molecular formula is C15H13I2N3O2. The van der Waals surface area contributed by atoms with Gasteiger partial charge in [-0.05, 0) is 75.9 Å². The highest BCUT2D eigenvalue weighted by Crippen LogP contribution is 2.25. The van der Waals surface area contributed by atoms with E-state index in [9.17, 15) is 9.90 Å². The van der Waals surface area contributed by atoms with Crippen LogP contribution >= 0.6 is 45.2 Å². The van der Waals surface area contributed by atoms with E-state index in [1.54, 1.807) is 6.07 Å². The van der Waals surface area contributed by atoms with Crippen molar-refractivity contribution >= 4 is 63.1 Å². The summed E-state index contributed by atoms with van der Waals surface area (Å²) in [5.41, 5.74) is 4.61. The maximum atomic E-state index is 11.8. The van der Waals surface area contributed by atoms with Crippen LogP contribution in [0.15, 0.2) is 41.5 Å². The first kappa shape index (κ1) is 17.0. The molecular weight excluding hydrogens is 508 g/mol. The predicted octanol–water partition coefficient (Wildman–Crippen LogP) is 4.07. The molecule has 0 aliphatic carbocycles. The Bertz CT molecular complexity index is 733. The zero-order valence-corrected chi connectivity index (χ0v) is 15.9. The Morgan fingerprint density at radius 2 is 2.00 bits per heavy atom. The second kappa shape index (κ2) is 7.77. The summed E-state index contributed by atoms with van der Waals surface area (Å²) < 4.78 is 1.71. The largest absolute Gasteiger partial charge is 0.506 e. The lowest BCUT2D eigenvalue weighted by atomic mass is 10.2. The number of carbonyl (C=O) groups is 1. The number of aromatic hydroxyl groups is 1. The van der Waals surface area contributed by atoms with Gasteiger partial charge in [-0.2, -0.15) is 5.10 Å². The van der Waals surface area contributed by atoms with Crippen LogP contribution in [0.4, 0.5) is 10.5 Å². The fraction of sp³-hybridized carbons (Fsp3) is 0.0667. The average molecular weight is 521 g/mol. The van der Waals surface area contributed by atoms with Gasteiger partial charge in [0.25, 0.3) is 0 Å². The molecule has 2 aromatic carbocycles. The molecule has 2 aromatic rings. The number of phenols is 1. The number of hydrogen-bond acceptors (Lipinski definition) is 3. The molecule has 22 heavy (non-hydrogen) atoms. The lowest BCUT2D eigenvalue weighted by Gasteiger charge is -2.07. The van der Waals surface area contributed by atoms with E-state index in [4.69, 9.17) is 0 Å². The lowest BCUT2D eigenvalue weighted by Crippen LogP contribution is -2.24. The smallest absolute Gasteiger partial charge is 0.339 e. The van der Waals surface area contributed by atoms with Gasteiger partial charge in [-0.15, -0.1) is 0 Å². The average Bonchev–Trinajstić information content (AvgIpc) is 2.46. The molecule has 0 saturated carbocycles. The molecule has 2 rings (SSSR count). The number of hydrazone groups is 1. The molecule has 0 aliphatic heterocycles. The molecule has 0 radical (unpaired) electrons. The van der Waals surface area contributed by atoms with Gasteiger partial charge in [0.1, 0.15) is 5.75 Å². The minimum Gasteiger partial charge on any atom is -0.506 e. The first-order valence-corrected chi connectivity index (χ1v) is 8.47. The number of halogens is 2. The number of anilines is 1. The highest BCUT2D eigenvalue weighted by molar-refractivity contribution is 14.1. The molecule has 0 aromatic heterocycles. The molecule has 114 valence electrons. The van der Waals surface area contributed by atoms with Crippen molar-refractivity contribution in [2.45, 2.75) is 6.92 Å². The van der Waals surface area contributed by atoms with E-state index < -0.39 is 6.03 Å². The number of carbonyl (C=O) groups excluding carboxylic acids is 1. The van der Waals surface area contributed by atoms with Crippen molar-refractivity contribution in [2.24, 2.45) is 5.10 Å². The van der Waals surface area contributed by atoms with E-state index in [-0.39, 0.29) is 5.75 Å². The summed E-state index contributed by atoms with van der Waals surface area (Å²) in [7, 11) is 0. The van der Waals surface area contributed by atoms with Crippen LogP contribution in [0.3, 0.4) is 0 Å². The molecule has 2 amide bonds. The van der Waals surface area contributed by atoms with Gasteiger partial charge in [-0.1, -0.05) is 18.2 Å². The molecule has 0 aliphatic rings. The first-order valence-electron chi connectivity index (χ1n) is 6.31.